The van der Waals surface area contributed by atoms with Crippen LogP contribution in [-0.4, -0.2) is 19.2 Å². The third-order valence-corrected chi connectivity index (χ3v) is 6.92. The highest BCUT2D eigenvalue weighted by Crippen LogP contribution is 2.43. The zero-order valence-corrected chi connectivity index (χ0v) is 13.9. The molecule has 1 fully saturated rings. The summed E-state index contributed by atoms with van der Waals surface area (Å²) < 4.78 is 62.4. The molecule has 126 valence electrons. The van der Waals surface area contributed by atoms with E-state index in [-0.39, 0.29) is 29.3 Å². The molecule has 3 nitrogen and oxygen atoms in total. The quantitative estimate of drug-likeness (QED) is 0.901. The number of hydrogen-bond donors (Lipinski definition) is 1. The lowest BCUT2D eigenvalue weighted by Crippen LogP contribution is -2.50. The molecule has 0 radical (unpaired) electrons. The second-order valence-electron chi connectivity index (χ2n) is 6.06. The summed E-state index contributed by atoms with van der Waals surface area (Å²) in [4.78, 5) is -0.289. The van der Waals surface area contributed by atoms with Crippen molar-refractivity contribution in [3.05, 3.63) is 29.8 Å². The topological polar surface area (TPSA) is 60.2 Å². The molecule has 1 aromatic carbocycles. The van der Waals surface area contributed by atoms with Gasteiger partial charge in [-0.25, -0.2) is 8.42 Å². The van der Waals surface area contributed by atoms with E-state index >= 15 is 0 Å². The van der Waals surface area contributed by atoms with E-state index in [1.807, 2.05) is 0 Å². The van der Waals surface area contributed by atoms with Crippen molar-refractivity contribution in [3.63, 3.8) is 0 Å². The number of rotatable bonds is 3. The van der Waals surface area contributed by atoms with Crippen molar-refractivity contribution >= 4 is 22.2 Å². The lowest BCUT2D eigenvalue weighted by molar-refractivity contribution is -0.137. The first-order valence-corrected chi connectivity index (χ1v) is 8.12. The number of halogens is 4. The first kappa shape index (κ1) is 19.3. The van der Waals surface area contributed by atoms with Gasteiger partial charge in [0.2, 0.25) is 0 Å². The van der Waals surface area contributed by atoms with Crippen LogP contribution in [0.2, 0.25) is 0 Å². The molecule has 0 spiro atoms. The molecule has 0 saturated heterocycles. The van der Waals surface area contributed by atoms with Crippen molar-refractivity contribution in [3.8, 4) is 0 Å². The van der Waals surface area contributed by atoms with E-state index in [1.54, 1.807) is 13.8 Å². The van der Waals surface area contributed by atoms with E-state index in [4.69, 9.17) is 5.73 Å². The summed E-state index contributed by atoms with van der Waals surface area (Å²) in [6, 6.07) is 3.88. The zero-order valence-electron chi connectivity index (χ0n) is 12.2. The molecule has 1 saturated carbocycles. The number of nitrogens with two attached hydrogens (primary N) is 1. The second kappa shape index (κ2) is 6.02. The Kier molecular flexibility index (Phi) is 5.27. The van der Waals surface area contributed by atoms with Gasteiger partial charge in [0.05, 0.1) is 15.2 Å². The van der Waals surface area contributed by atoms with Crippen molar-refractivity contribution in [1.29, 1.82) is 0 Å². The van der Waals surface area contributed by atoms with Crippen molar-refractivity contribution in [2.24, 2.45) is 11.7 Å². The molecule has 0 amide bonds. The fraction of sp³-hybridized carbons (Fsp3) is 0.571. The van der Waals surface area contributed by atoms with Gasteiger partial charge in [-0.05, 0) is 50.8 Å². The van der Waals surface area contributed by atoms with Crippen LogP contribution in [0.4, 0.5) is 13.2 Å². The Morgan fingerprint density at radius 2 is 1.73 bits per heavy atom. The van der Waals surface area contributed by atoms with Crippen LogP contribution in [0.3, 0.4) is 0 Å². The molecule has 1 aromatic rings. The Bertz CT molecular complexity index is 638. The van der Waals surface area contributed by atoms with Gasteiger partial charge in [0.1, 0.15) is 0 Å². The Morgan fingerprint density at radius 3 is 2.18 bits per heavy atom. The van der Waals surface area contributed by atoms with Crippen LogP contribution in [0, 0.1) is 5.92 Å². The molecule has 2 rings (SSSR count). The Hall–Kier alpha value is -0.790. The number of benzene rings is 1. The summed E-state index contributed by atoms with van der Waals surface area (Å²) in [7, 11) is -3.86. The Labute approximate surface area is 134 Å². The van der Waals surface area contributed by atoms with Gasteiger partial charge in [0, 0.05) is 6.04 Å². The SMILES string of the molecule is CC(C)(C1CC(N)C1)S(=O)(=O)c1cccc(C(F)(F)F)c1.Cl. The van der Waals surface area contributed by atoms with Crippen LogP contribution in [0.5, 0.6) is 0 Å². The van der Waals surface area contributed by atoms with Gasteiger partial charge in [-0.1, -0.05) is 6.07 Å². The van der Waals surface area contributed by atoms with Crippen molar-refractivity contribution < 1.29 is 21.6 Å². The molecule has 0 heterocycles. The van der Waals surface area contributed by atoms with Gasteiger partial charge in [0.15, 0.2) is 9.84 Å². The van der Waals surface area contributed by atoms with Crippen molar-refractivity contribution in [2.75, 3.05) is 0 Å². The lowest BCUT2D eigenvalue weighted by Gasteiger charge is -2.43. The van der Waals surface area contributed by atoms with Gasteiger partial charge in [-0.2, -0.15) is 13.2 Å². The Morgan fingerprint density at radius 1 is 1.18 bits per heavy atom. The highest BCUT2D eigenvalue weighted by Gasteiger charge is 2.48. The predicted octanol–water partition coefficient (Wildman–Crippen LogP) is 3.42. The first-order valence-electron chi connectivity index (χ1n) is 6.63. The van der Waals surface area contributed by atoms with Crippen molar-refractivity contribution in [2.45, 2.75) is 48.5 Å². The van der Waals surface area contributed by atoms with Gasteiger partial charge >= 0.3 is 6.18 Å². The molecule has 0 bridgehead atoms. The van der Waals surface area contributed by atoms with E-state index < -0.39 is 26.3 Å². The number of alkyl halides is 3. The minimum absolute atomic E-state index is 0. The van der Waals surface area contributed by atoms with Crippen LogP contribution >= 0.6 is 12.4 Å². The molecule has 8 heteroatoms. The molecule has 0 aromatic heterocycles. The van der Waals surface area contributed by atoms with Crippen molar-refractivity contribution in [1.82, 2.24) is 0 Å². The predicted molar refractivity (Wildman–Crippen MR) is 80.7 cm³/mol. The molecule has 0 aliphatic heterocycles. The molecule has 22 heavy (non-hydrogen) atoms. The average Bonchev–Trinajstić information content (AvgIpc) is 2.34. The average molecular weight is 358 g/mol. The standard InChI is InChI=1S/C14H18F3NO2S.ClH/c1-13(2,10-6-11(18)7-10)21(19,20)12-5-3-4-9(8-12)14(15,16)17;/h3-5,8,10-11H,6-7,18H2,1-2H3;1H. The van der Waals surface area contributed by atoms with Gasteiger partial charge in [-0.15, -0.1) is 12.4 Å². The Balaban J connectivity index is 0.00000242. The third-order valence-electron chi connectivity index (χ3n) is 4.32. The molecule has 2 N–H and O–H groups in total. The second-order valence-corrected chi connectivity index (χ2v) is 8.59. The molecule has 0 unspecified atom stereocenters. The number of sulfone groups is 1. The van der Waals surface area contributed by atoms with Crippen LogP contribution < -0.4 is 5.73 Å². The minimum Gasteiger partial charge on any atom is -0.328 e. The van der Waals surface area contributed by atoms with Crippen LogP contribution in [-0.2, 0) is 16.0 Å². The molecule has 1 aliphatic rings. The van der Waals surface area contributed by atoms with Gasteiger partial charge < -0.3 is 5.73 Å². The molecular formula is C14H19ClF3NO2S. The van der Waals surface area contributed by atoms with Crippen LogP contribution in [0.25, 0.3) is 0 Å². The summed E-state index contributed by atoms with van der Waals surface area (Å²) in [6.07, 6.45) is -3.41. The maximum absolute atomic E-state index is 12.7. The van der Waals surface area contributed by atoms with E-state index in [0.29, 0.717) is 18.9 Å². The maximum Gasteiger partial charge on any atom is 0.416 e. The fourth-order valence-corrected chi connectivity index (χ4v) is 4.37. The van der Waals surface area contributed by atoms with E-state index in [2.05, 4.69) is 0 Å². The normalized spacial score (nSPS) is 22.6. The van der Waals surface area contributed by atoms with E-state index in [9.17, 15) is 21.6 Å². The summed E-state index contributed by atoms with van der Waals surface area (Å²) in [5.74, 6) is -0.132. The fourth-order valence-electron chi connectivity index (χ4n) is 2.59. The molecular weight excluding hydrogens is 339 g/mol. The molecule has 0 atom stereocenters. The lowest BCUT2D eigenvalue weighted by atomic mass is 9.73. The first-order chi connectivity index (χ1) is 9.46. The van der Waals surface area contributed by atoms with Crippen LogP contribution in [0.15, 0.2) is 29.2 Å². The van der Waals surface area contributed by atoms with Crippen LogP contribution in [0.1, 0.15) is 32.3 Å². The number of hydrogen-bond acceptors (Lipinski definition) is 3. The largest absolute Gasteiger partial charge is 0.416 e. The monoisotopic (exact) mass is 357 g/mol. The van der Waals surface area contributed by atoms with Gasteiger partial charge in [0.25, 0.3) is 0 Å². The summed E-state index contributed by atoms with van der Waals surface area (Å²) in [5, 5.41) is 0. The smallest absolute Gasteiger partial charge is 0.328 e. The van der Waals surface area contributed by atoms with E-state index in [0.717, 1.165) is 12.1 Å². The highest BCUT2D eigenvalue weighted by atomic mass is 35.5. The zero-order chi connectivity index (χ0) is 16.1. The summed E-state index contributed by atoms with van der Waals surface area (Å²) in [5.41, 5.74) is 4.73. The van der Waals surface area contributed by atoms with E-state index in [1.165, 1.54) is 6.07 Å². The highest BCUT2D eigenvalue weighted by molar-refractivity contribution is 7.92. The maximum atomic E-state index is 12.7. The summed E-state index contributed by atoms with van der Waals surface area (Å²) in [6.45, 7) is 3.11. The third kappa shape index (κ3) is 3.26. The van der Waals surface area contributed by atoms with Gasteiger partial charge in [-0.3, -0.25) is 0 Å². The molecule has 1 aliphatic carbocycles. The minimum atomic E-state index is -4.56. The summed E-state index contributed by atoms with van der Waals surface area (Å²) >= 11 is 0.